The molecular formula is C19H16N4O3S. The van der Waals surface area contributed by atoms with Crippen molar-refractivity contribution in [2.24, 2.45) is 0 Å². The summed E-state index contributed by atoms with van der Waals surface area (Å²) in [4.78, 5) is 29.2. The number of hydrogen-bond acceptors (Lipinski definition) is 6. The topological polar surface area (TPSA) is 90.0 Å². The summed E-state index contributed by atoms with van der Waals surface area (Å²) in [5.41, 5.74) is 3.00. The number of benzene rings is 1. The van der Waals surface area contributed by atoms with E-state index in [2.05, 4.69) is 14.7 Å². The van der Waals surface area contributed by atoms with Crippen LogP contribution in [0.5, 0.6) is 0 Å². The van der Waals surface area contributed by atoms with Crippen LogP contribution >= 0.6 is 11.5 Å². The second-order valence-corrected chi connectivity index (χ2v) is 6.89. The number of carbonyl (C=O) groups excluding carboxylic acids is 1. The van der Waals surface area contributed by atoms with Crippen LogP contribution in [0.2, 0.25) is 0 Å². The van der Waals surface area contributed by atoms with E-state index in [1.165, 1.54) is 10.9 Å². The predicted octanol–water partition coefficient (Wildman–Crippen LogP) is 2.74. The van der Waals surface area contributed by atoms with Crippen LogP contribution in [0.3, 0.4) is 0 Å². The van der Waals surface area contributed by atoms with Crippen molar-refractivity contribution in [2.75, 3.05) is 0 Å². The molecule has 8 heteroatoms. The maximum atomic E-state index is 12.7. The third kappa shape index (κ3) is 3.52. The van der Waals surface area contributed by atoms with Crippen LogP contribution in [-0.4, -0.2) is 19.8 Å². The van der Waals surface area contributed by atoms with Gasteiger partial charge < -0.3 is 9.73 Å². The van der Waals surface area contributed by atoms with Crippen LogP contribution in [0, 0.1) is 6.92 Å². The molecule has 0 saturated carbocycles. The van der Waals surface area contributed by atoms with Gasteiger partial charge in [-0.05, 0) is 36.7 Å². The first-order valence-electron chi connectivity index (χ1n) is 8.33. The molecule has 136 valence electrons. The Bertz CT molecular complexity index is 1160. The maximum absolute atomic E-state index is 12.7. The van der Waals surface area contributed by atoms with Crippen molar-refractivity contribution in [3.05, 3.63) is 70.7 Å². The van der Waals surface area contributed by atoms with Crippen molar-refractivity contribution in [2.45, 2.75) is 20.0 Å². The van der Waals surface area contributed by atoms with Gasteiger partial charge in [0.1, 0.15) is 28.2 Å². The summed E-state index contributed by atoms with van der Waals surface area (Å²) in [6.45, 7) is 2.16. The molecule has 7 nitrogen and oxygen atoms in total. The molecule has 3 aromatic heterocycles. The van der Waals surface area contributed by atoms with Crippen LogP contribution in [0.15, 0.2) is 58.2 Å². The molecule has 0 aliphatic carbocycles. The summed E-state index contributed by atoms with van der Waals surface area (Å²) in [6.07, 6.45) is 2.93. The Hall–Kier alpha value is -3.26. The molecule has 27 heavy (non-hydrogen) atoms. The van der Waals surface area contributed by atoms with Gasteiger partial charge in [0.15, 0.2) is 0 Å². The quantitative estimate of drug-likeness (QED) is 0.575. The minimum absolute atomic E-state index is 0.111. The predicted molar refractivity (Wildman–Crippen MR) is 102 cm³/mol. The van der Waals surface area contributed by atoms with Gasteiger partial charge in [0.25, 0.3) is 5.56 Å². The van der Waals surface area contributed by atoms with Crippen molar-refractivity contribution in [3.63, 3.8) is 0 Å². The molecule has 0 fully saturated rings. The first-order valence-corrected chi connectivity index (χ1v) is 9.10. The molecule has 1 N–H and O–H groups in total. The smallest absolute Gasteiger partial charge is 0.273 e. The highest BCUT2D eigenvalue weighted by atomic mass is 32.1. The Balaban J connectivity index is 1.58. The third-order valence-electron chi connectivity index (χ3n) is 4.09. The highest BCUT2D eigenvalue weighted by molar-refractivity contribution is 7.13. The molecule has 0 bridgehead atoms. The monoisotopic (exact) mass is 380 g/mol. The highest BCUT2D eigenvalue weighted by Crippen LogP contribution is 2.27. The number of amides is 1. The number of carbonyl (C=O) groups is 1. The van der Waals surface area contributed by atoms with Crippen molar-refractivity contribution in [1.29, 1.82) is 0 Å². The lowest BCUT2D eigenvalue weighted by Gasteiger charge is -2.06. The molecule has 3 heterocycles. The van der Waals surface area contributed by atoms with Crippen molar-refractivity contribution >= 4 is 27.7 Å². The molecule has 0 unspecified atom stereocenters. The lowest BCUT2D eigenvalue weighted by Crippen LogP contribution is -2.31. The largest absolute Gasteiger partial charge is 0.467 e. The molecule has 0 radical (unpaired) electrons. The fourth-order valence-electron chi connectivity index (χ4n) is 2.76. The standard InChI is InChI=1S/C19H16N4O3S/c1-12-4-2-5-13(8-12)16-17-18(27-22-16)19(25)23(11-21-17)10-15(24)20-9-14-6-3-7-26-14/h2-8,11H,9-10H2,1H3,(H,20,24). The molecule has 0 saturated heterocycles. The first-order chi connectivity index (χ1) is 13.1. The average molecular weight is 380 g/mol. The van der Waals surface area contributed by atoms with E-state index in [0.29, 0.717) is 21.7 Å². The minimum Gasteiger partial charge on any atom is -0.467 e. The second-order valence-electron chi connectivity index (χ2n) is 6.11. The van der Waals surface area contributed by atoms with Gasteiger partial charge in [0.2, 0.25) is 5.91 Å². The van der Waals surface area contributed by atoms with Gasteiger partial charge in [0.05, 0.1) is 19.1 Å². The molecule has 4 aromatic rings. The molecule has 1 amide bonds. The summed E-state index contributed by atoms with van der Waals surface area (Å²) in [7, 11) is 0. The van der Waals surface area contributed by atoms with E-state index in [4.69, 9.17) is 4.42 Å². The number of aromatic nitrogens is 3. The van der Waals surface area contributed by atoms with Gasteiger partial charge in [-0.2, -0.15) is 4.37 Å². The van der Waals surface area contributed by atoms with E-state index in [0.717, 1.165) is 22.7 Å². The van der Waals surface area contributed by atoms with Crippen molar-refractivity contribution in [3.8, 4) is 11.3 Å². The maximum Gasteiger partial charge on any atom is 0.273 e. The van der Waals surface area contributed by atoms with E-state index < -0.39 is 0 Å². The Kier molecular flexibility index (Phi) is 4.55. The fourth-order valence-corrected chi connectivity index (χ4v) is 3.57. The van der Waals surface area contributed by atoms with E-state index in [9.17, 15) is 9.59 Å². The van der Waals surface area contributed by atoms with Gasteiger partial charge in [0, 0.05) is 5.56 Å². The van der Waals surface area contributed by atoms with Gasteiger partial charge in [-0.3, -0.25) is 14.2 Å². The Morgan fingerprint density at radius 2 is 2.19 bits per heavy atom. The van der Waals surface area contributed by atoms with E-state index in [-0.39, 0.29) is 24.6 Å². The average Bonchev–Trinajstić information content (AvgIpc) is 3.32. The van der Waals surface area contributed by atoms with E-state index in [1.54, 1.807) is 18.4 Å². The van der Waals surface area contributed by atoms with Crippen LogP contribution < -0.4 is 10.9 Å². The molecule has 4 rings (SSSR count). The lowest BCUT2D eigenvalue weighted by atomic mass is 10.1. The third-order valence-corrected chi connectivity index (χ3v) is 4.92. The Morgan fingerprint density at radius 1 is 1.30 bits per heavy atom. The molecule has 0 spiro atoms. The van der Waals surface area contributed by atoms with Crippen LogP contribution in [0.25, 0.3) is 21.5 Å². The van der Waals surface area contributed by atoms with Crippen LogP contribution in [-0.2, 0) is 17.9 Å². The number of nitrogens with zero attached hydrogens (tertiary/aromatic N) is 3. The summed E-state index contributed by atoms with van der Waals surface area (Å²) < 4.78 is 11.3. The number of rotatable bonds is 5. The fraction of sp³-hybridized carbons (Fsp3) is 0.158. The zero-order chi connectivity index (χ0) is 18.8. The lowest BCUT2D eigenvalue weighted by molar-refractivity contribution is -0.122. The summed E-state index contributed by atoms with van der Waals surface area (Å²) in [5, 5.41) is 2.71. The van der Waals surface area contributed by atoms with Crippen molar-refractivity contribution in [1.82, 2.24) is 19.2 Å². The number of nitrogens with one attached hydrogen (secondary N) is 1. The minimum atomic E-state index is -0.293. The molecule has 1 aromatic carbocycles. The zero-order valence-corrected chi connectivity index (χ0v) is 15.3. The Labute approximate surface area is 158 Å². The van der Waals surface area contributed by atoms with Gasteiger partial charge in [-0.1, -0.05) is 23.8 Å². The van der Waals surface area contributed by atoms with Gasteiger partial charge >= 0.3 is 0 Å². The number of aryl methyl sites for hydroxylation is 1. The number of fused-ring (bicyclic) bond motifs is 1. The highest BCUT2D eigenvalue weighted by Gasteiger charge is 2.15. The van der Waals surface area contributed by atoms with Gasteiger partial charge in [-0.15, -0.1) is 0 Å². The number of furan rings is 1. The molecule has 0 atom stereocenters. The normalized spacial score (nSPS) is 11.0. The molecule has 0 aliphatic rings. The van der Waals surface area contributed by atoms with E-state index in [1.807, 2.05) is 31.2 Å². The SMILES string of the molecule is Cc1cccc(-c2nsc3c(=O)n(CC(=O)NCc4ccco4)cnc23)c1. The number of hydrogen-bond donors (Lipinski definition) is 1. The second kappa shape index (κ2) is 7.16. The van der Waals surface area contributed by atoms with Gasteiger partial charge in [-0.25, -0.2) is 4.98 Å². The van der Waals surface area contributed by atoms with E-state index >= 15 is 0 Å². The molecule has 0 aliphatic heterocycles. The Morgan fingerprint density at radius 3 is 2.96 bits per heavy atom. The summed E-state index contributed by atoms with van der Waals surface area (Å²) in [5.74, 6) is 0.354. The molecular weight excluding hydrogens is 364 g/mol. The van der Waals surface area contributed by atoms with Crippen molar-refractivity contribution < 1.29 is 9.21 Å². The summed E-state index contributed by atoms with van der Waals surface area (Å²) in [6, 6.07) is 11.4. The zero-order valence-electron chi connectivity index (χ0n) is 14.5. The first kappa shape index (κ1) is 17.2. The van der Waals surface area contributed by atoms with Crippen LogP contribution in [0.4, 0.5) is 0 Å². The summed E-state index contributed by atoms with van der Waals surface area (Å²) >= 11 is 1.10. The van der Waals surface area contributed by atoms with Crippen LogP contribution in [0.1, 0.15) is 11.3 Å².